The number of methoxy groups -OCH3 is 1. The predicted molar refractivity (Wildman–Crippen MR) is 49.5 cm³/mol. The Bertz CT molecular complexity index is 239. The second kappa shape index (κ2) is 3.05. The fraction of sp³-hybridized carbons (Fsp3) is 0.700. The minimum absolute atomic E-state index is 0.0765. The highest BCUT2D eigenvalue weighted by Gasteiger charge is 2.44. The molecule has 72 valence electrons. The van der Waals surface area contributed by atoms with Gasteiger partial charge in [0.25, 0.3) is 0 Å². The van der Waals surface area contributed by atoms with Crippen molar-refractivity contribution in [2.75, 3.05) is 13.7 Å². The van der Waals surface area contributed by atoms with Gasteiger partial charge in [0.2, 0.25) is 0 Å². The van der Waals surface area contributed by atoms with Crippen molar-refractivity contribution in [3.63, 3.8) is 0 Å². The van der Waals surface area contributed by atoms with Crippen molar-refractivity contribution in [1.82, 2.24) is 4.90 Å². The van der Waals surface area contributed by atoms with Crippen molar-refractivity contribution in [2.24, 2.45) is 0 Å². The van der Waals surface area contributed by atoms with Crippen molar-refractivity contribution in [3.05, 3.63) is 12.2 Å². The first-order valence-electron chi connectivity index (χ1n) is 4.79. The number of hydrogen-bond acceptors (Lipinski definition) is 2. The highest BCUT2D eigenvalue weighted by Crippen LogP contribution is 2.39. The largest absolute Gasteiger partial charge is 0.453 e. The van der Waals surface area contributed by atoms with Crippen molar-refractivity contribution >= 4 is 6.09 Å². The van der Waals surface area contributed by atoms with E-state index in [4.69, 9.17) is 4.74 Å². The Kier molecular flexibility index (Phi) is 2.02. The SMILES string of the molecule is COC(=O)N1CCCC12CC=CC2. The van der Waals surface area contributed by atoms with Crippen LogP contribution >= 0.6 is 0 Å². The summed E-state index contributed by atoms with van der Waals surface area (Å²) < 4.78 is 4.78. The summed E-state index contributed by atoms with van der Waals surface area (Å²) in [6.45, 7) is 0.856. The average Bonchev–Trinajstić information content (AvgIpc) is 2.76. The van der Waals surface area contributed by atoms with E-state index < -0.39 is 0 Å². The zero-order chi connectivity index (χ0) is 9.31. The molecule has 1 aliphatic carbocycles. The van der Waals surface area contributed by atoms with Gasteiger partial charge >= 0.3 is 6.09 Å². The van der Waals surface area contributed by atoms with E-state index in [9.17, 15) is 4.79 Å². The molecule has 1 aliphatic heterocycles. The quantitative estimate of drug-likeness (QED) is 0.534. The molecule has 0 N–H and O–H groups in total. The molecule has 2 rings (SSSR count). The van der Waals surface area contributed by atoms with Gasteiger partial charge in [-0.25, -0.2) is 4.79 Å². The molecule has 0 aromatic rings. The second-order valence-electron chi connectivity index (χ2n) is 3.83. The lowest BCUT2D eigenvalue weighted by Gasteiger charge is -2.33. The van der Waals surface area contributed by atoms with Gasteiger partial charge in [0.05, 0.1) is 12.6 Å². The molecule has 3 heteroatoms. The molecule has 0 aromatic heterocycles. The number of ether oxygens (including phenoxy) is 1. The van der Waals surface area contributed by atoms with Crippen LogP contribution < -0.4 is 0 Å². The summed E-state index contributed by atoms with van der Waals surface area (Å²) in [4.78, 5) is 13.3. The molecule has 0 unspecified atom stereocenters. The number of amides is 1. The van der Waals surface area contributed by atoms with Gasteiger partial charge in [0, 0.05) is 6.54 Å². The smallest absolute Gasteiger partial charge is 0.409 e. The van der Waals surface area contributed by atoms with Crippen LogP contribution in [0.2, 0.25) is 0 Å². The van der Waals surface area contributed by atoms with Crippen LogP contribution in [0, 0.1) is 0 Å². The highest BCUT2D eigenvalue weighted by molar-refractivity contribution is 5.69. The highest BCUT2D eigenvalue weighted by atomic mass is 16.5. The molecular weight excluding hydrogens is 166 g/mol. The summed E-state index contributed by atoms with van der Waals surface area (Å²) in [5.41, 5.74) is 0.0765. The standard InChI is InChI=1S/C10H15NO2/c1-13-9(12)11-8-4-7-10(11)5-2-3-6-10/h2-3H,4-8H2,1H3. The Labute approximate surface area is 78.4 Å². The van der Waals surface area contributed by atoms with Gasteiger partial charge in [-0.1, -0.05) is 12.2 Å². The lowest BCUT2D eigenvalue weighted by Crippen LogP contribution is -2.45. The number of carbonyl (C=O) groups excluding carboxylic acids is 1. The molecule has 1 heterocycles. The Morgan fingerprint density at radius 2 is 2.15 bits per heavy atom. The summed E-state index contributed by atoms with van der Waals surface area (Å²) in [6, 6.07) is 0. The van der Waals surface area contributed by atoms with Gasteiger partial charge in [-0.05, 0) is 25.7 Å². The fourth-order valence-electron chi connectivity index (χ4n) is 2.45. The third-order valence-corrected chi connectivity index (χ3v) is 3.15. The normalized spacial score (nSPS) is 24.2. The summed E-state index contributed by atoms with van der Waals surface area (Å²) in [5.74, 6) is 0. The monoisotopic (exact) mass is 181 g/mol. The van der Waals surface area contributed by atoms with Gasteiger partial charge in [-0.3, -0.25) is 0 Å². The van der Waals surface area contributed by atoms with Gasteiger partial charge in [-0.15, -0.1) is 0 Å². The van der Waals surface area contributed by atoms with Crippen LogP contribution in [-0.2, 0) is 4.74 Å². The summed E-state index contributed by atoms with van der Waals surface area (Å²) in [7, 11) is 1.46. The molecule has 1 fully saturated rings. The van der Waals surface area contributed by atoms with E-state index >= 15 is 0 Å². The van der Waals surface area contributed by atoms with E-state index in [0.29, 0.717) is 0 Å². The lowest BCUT2D eigenvalue weighted by molar-refractivity contribution is 0.0899. The Balaban J connectivity index is 2.14. The van der Waals surface area contributed by atoms with Crippen molar-refractivity contribution in [2.45, 2.75) is 31.2 Å². The van der Waals surface area contributed by atoms with E-state index in [2.05, 4.69) is 12.2 Å². The number of rotatable bonds is 0. The summed E-state index contributed by atoms with van der Waals surface area (Å²) in [6.07, 6.45) is 8.40. The van der Waals surface area contributed by atoms with Gasteiger partial charge in [-0.2, -0.15) is 0 Å². The van der Waals surface area contributed by atoms with Crippen LogP contribution in [0.25, 0.3) is 0 Å². The molecule has 2 aliphatic rings. The molecule has 13 heavy (non-hydrogen) atoms. The number of hydrogen-bond donors (Lipinski definition) is 0. The second-order valence-corrected chi connectivity index (χ2v) is 3.83. The van der Waals surface area contributed by atoms with Crippen molar-refractivity contribution < 1.29 is 9.53 Å². The Morgan fingerprint density at radius 1 is 1.46 bits per heavy atom. The molecule has 0 radical (unpaired) electrons. The fourth-order valence-corrected chi connectivity index (χ4v) is 2.45. The maximum atomic E-state index is 11.5. The number of nitrogens with zero attached hydrogens (tertiary/aromatic N) is 1. The van der Waals surface area contributed by atoms with E-state index in [1.165, 1.54) is 7.11 Å². The van der Waals surface area contributed by atoms with Crippen LogP contribution in [0.15, 0.2) is 12.2 Å². The molecule has 1 saturated heterocycles. The third-order valence-electron chi connectivity index (χ3n) is 3.15. The lowest BCUT2D eigenvalue weighted by atomic mass is 9.94. The third kappa shape index (κ3) is 1.23. The van der Waals surface area contributed by atoms with Gasteiger partial charge in [0.15, 0.2) is 0 Å². The molecule has 0 atom stereocenters. The average molecular weight is 181 g/mol. The zero-order valence-corrected chi connectivity index (χ0v) is 7.95. The number of likely N-dealkylation sites (tertiary alicyclic amines) is 1. The minimum Gasteiger partial charge on any atom is -0.453 e. The molecule has 1 spiro atoms. The Hall–Kier alpha value is -0.990. The summed E-state index contributed by atoms with van der Waals surface area (Å²) >= 11 is 0. The maximum Gasteiger partial charge on any atom is 0.409 e. The van der Waals surface area contributed by atoms with E-state index in [1.807, 2.05) is 4.90 Å². The molecule has 1 amide bonds. The zero-order valence-electron chi connectivity index (χ0n) is 7.95. The minimum atomic E-state index is -0.166. The first-order valence-corrected chi connectivity index (χ1v) is 4.79. The molecule has 3 nitrogen and oxygen atoms in total. The molecule has 0 bridgehead atoms. The van der Waals surface area contributed by atoms with E-state index in [0.717, 1.165) is 32.2 Å². The van der Waals surface area contributed by atoms with Crippen LogP contribution in [0.5, 0.6) is 0 Å². The van der Waals surface area contributed by atoms with Crippen LogP contribution in [0.1, 0.15) is 25.7 Å². The van der Waals surface area contributed by atoms with Crippen molar-refractivity contribution in [3.8, 4) is 0 Å². The van der Waals surface area contributed by atoms with Gasteiger partial charge < -0.3 is 9.64 Å². The first kappa shape index (κ1) is 8.60. The summed E-state index contributed by atoms with van der Waals surface area (Å²) in [5, 5.41) is 0. The number of carbonyl (C=O) groups is 1. The van der Waals surface area contributed by atoms with Crippen molar-refractivity contribution in [1.29, 1.82) is 0 Å². The van der Waals surface area contributed by atoms with Crippen LogP contribution in [0.4, 0.5) is 4.79 Å². The van der Waals surface area contributed by atoms with E-state index in [-0.39, 0.29) is 11.6 Å². The first-order chi connectivity index (χ1) is 6.28. The molecular formula is C10H15NO2. The van der Waals surface area contributed by atoms with E-state index in [1.54, 1.807) is 0 Å². The van der Waals surface area contributed by atoms with Crippen LogP contribution in [0.3, 0.4) is 0 Å². The van der Waals surface area contributed by atoms with Crippen LogP contribution in [-0.4, -0.2) is 30.2 Å². The predicted octanol–water partition coefficient (Wildman–Crippen LogP) is 1.94. The van der Waals surface area contributed by atoms with Gasteiger partial charge in [0.1, 0.15) is 0 Å². The molecule has 0 saturated carbocycles. The Morgan fingerprint density at radius 3 is 2.77 bits per heavy atom. The topological polar surface area (TPSA) is 29.5 Å². The molecule has 0 aromatic carbocycles. The maximum absolute atomic E-state index is 11.5.